The van der Waals surface area contributed by atoms with Gasteiger partial charge in [-0.25, -0.2) is 13.7 Å². The highest BCUT2D eigenvalue weighted by Gasteiger charge is 2.54. The molecule has 0 radical (unpaired) electrons. The lowest BCUT2D eigenvalue weighted by atomic mass is 9.97. The van der Waals surface area contributed by atoms with Gasteiger partial charge in [0.2, 0.25) is 0 Å². The Morgan fingerprint density at radius 2 is 0.773 bits per heavy atom. The van der Waals surface area contributed by atoms with Gasteiger partial charge in [-0.15, -0.1) is 0 Å². The zero-order valence-corrected chi connectivity index (χ0v) is 63.4. The summed E-state index contributed by atoms with van der Waals surface area (Å²) < 4.78 is 122. The van der Waals surface area contributed by atoms with E-state index in [-0.39, 0.29) is 52.2 Å². The smallest absolute Gasteiger partial charge is 0.454 e. The van der Waals surface area contributed by atoms with E-state index in [1.165, 1.54) is 97.0 Å². The van der Waals surface area contributed by atoms with Crippen molar-refractivity contribution in [3.05, 3.63) is 12.2 Å². The lowest BCUT2D eigenvalue weighted by Gasteiger charge is -2.47. The van der Waals surface area contributed by atoms with E-state index < -0.39 is 111 Å². The summed E-state index contributed by atoms with van der Waals surface area (Å²) in [5.74, 6) is -0.645. The predicted octanol–water partition coefficient (Wildman–Crippen LogP) is 15.9. The van der Waals surface area contributed by atoms with Crippen LogP contribution in [0.1, 0.15) is 291 Å². The molecule has 2 saturated heterocycles. The number of carbonyl (C=O) groups excluding carboxylic acids is 1. The third-order valence-electron chi connectivity index (χ3n) is 17.7. The summed E-state index contributed by atoms with van der Waals surface area (Å²) in [6.07, 6.45) is 32.7. The molecule has 6 N–H and O–H groups in total. The number of allylic oxidation sites excluding steroid dienone is 2. The van der Waals surface area contributed by atoms with Crippen LogP contribution in [-0.4, -0.2) is 177 Å². The van der Waals surface area contributed by atoms with E-state index in [0.29, 0.717) is 25.7 Å². The van der Waals surface area contributed by atoms with Crippen LogP contribution in [0.5, 0.6) is 0 Å². The van der Waals surface area contributed by atoms with E-state index >= 15 is 0 Å². The monoisotopic (exact) mass is 1450 g/mol. The third kappa shape index (κ3) is 48.7. The minimum Gasteiger partial charge on any atom is -0.454 e. The molecule has 2 aliphatic heterocycles. The number of rotatable bonds is 68. The van der Waals surface area contributed by atoms with E-state index in [2.05, 4.69) is 39.8 Å². The first-order valence-corrected chi connectivity index (χ1v) is 42.4. The van der Waals surface area contributed by atoms with Crippen molar-refractivity contribution in [1.82, 2.24) is 0 Å². The highest BCUT2D eigenvalue weighted by molar-refractivity contribution is 7.46. The molecule has 0 aromatic heterocycles. The average Bonchev–Trinajstić information content (AvgIpc) is 0.791. The molecule has 0 aliphatic carbocycles. The van der Waals surface area contributed by atoms with Gasteiger partial charge < -0.3 is 81.5 Å². The van der Waals surface area contributed by atoms with E-state index in [0.717, 1.165) is 141 Å². The molecular formula is C70H137O24P3. The van der Waals surface area contributed by atoms with Crippen molar-refractivity contribution in [2.45, 2.75) is 358 Å². The SMILES string of the molecule is CCCCCC/C=C\CCCCCCCCCC(=O)O[C@H]1[C@H](OC[C@H]2O[C@H](OCCOP(=O)(O)O)[C@H](OCCCCCCCCCCCC)[C@@H](OCCCCCCCCCCCC)[C@@H]2OCCOP(=O)(O)O)O[C@H](COC)[C@@H](OP(=O)(O)O)[C@@H]1OCC[C@H](CCCCCCC)OC. The highest BCUT2D eigenvalue weighted by atomic mass is 31.2. The zero-order chi connectivity index (χ0) is 71.1. The summed E-state index contributed by atoms with van der Waals surface area (Å²) >= 11 is 0. The molecule has 11 atom stereocenters. The predicted molar refractivity (Wildman–Crippen MR) is 375 cm³/mol. The standard InChI is InChI=1S/C70H137O24P3/c1-7-11-15-19-22-25-28-29-30-31-32-33-36-40-44-48-62(71)93-68-66(85-52-49-59(82-6)47-43-39-18-14-10-4)64(94-97(78,79)80)60(57-81-5)91-70(68)88-58-61-63(86-53-55-89-95(72,73)74)65(83-50-45-41-37-34-26-23-20-16-12-8-2)67(69(92-61)87-54-56-90-96(75,76)77)84-51-46-42-38-35-27-24-21-17-13-9-3/h25,28,59-61,63-70H,7-24,26-27,29-58H2,1-6H3,(H2,72,73,74)(H2,75,76,77)(H2,78,79,80)/b28-25-/t59-,60+,61+,63+,64+,65-,66-,67+,68+,69-,70+/m0/s1. The molecule has 0 spiro atoms. The third-order valence-corrected chi connectivity index (χ3v) is 19.3. The highest BCUT2D eigenvalue weighted by Crippen LogP contribution is 2.44. The normalized spacial score (nSPS) is 22.3. The molecular weight excluding hydrogens is 1320 g/mol. The van der Waals surface area contributed by atoms with Gasteiger partial charge in [-0.3, -0.25) is 18.4 Å². The topological polar surface area (TPSA) is 319 Å². The van der Waals surface area contributed by atoms with Crippen LogP contribution in [0.15, 0.2) is 12.2 Å². The number of esters is 1. The van der Waals surface area contributed by atoms with Gasteiger partial charge in [0.05, 0.1) is 45.7 Å². The Balaban J connectivity index is 2.65. The first-order valence-electron chi connectivity index (χ1n) is 37.8. The van der Waals surface area contributed by atoms with Crippen LogP contribution in [-0.2, 0) is 84.2 Å². The molecule has 2 heterocycles. The van der Waals surface area contributed by atoms with Gasteiger partial charge in [-0.05, 0) is 57.8 Å². The van der Waals surface area contributed by atoms with E-state index in [9.17, 15) is 47.9 Å². The van der Waals surface area contributed by atoms with Crippen molar-refractivity contribution in [3.63, 3.8) is 0 Å². The van der Waals surface area contributed by atoms with Crippen LogP contribution in [0.4, 0.5) is 0 Å². The Kier molecular flexibility index (Phi) is 56.5. The maximum absolute atomic E-state index is 14.3. The summed E-state index contributed by atoms with van der Waals surface area (Å²) in [6.45, 7) is 6.61. The van der Waals surface area contributed by atoms with Crippen LogP contribution in [0, 0.1) is 0 Å². The number of methoxy groups -OCH3 is 2. The minimum absolute atomic E-state index is 0.00402. The molecule has 0 aromatic carbocycles. The molecule has 2 rings (SSSR count). The van der Waals surface area contributed by atoms with Gasteiger partial charge in [-0.2, -0.15) is 0 Å². The second-order valence-electron chi connectivity index (χ2n) is 26.3. The summed E-state index contributed by atoms with van der Waals surface area (Å²) in [4.78, 5) is 73.8. The van der Waals surface area contributed by atoms with Crippen molar-refractivity contribution >= 4 is 29.4 Å². The minimum atomic E-state index is -5.31. The Morgan fingerprint density at radius 3 is 1.25 bits per heavy atom. The lowest BCUT2D eigenvalue weighted by Crippen LogP contribution is -2.64. The average molecular weight is 1460 g/mol. The van der Waals surface area contributed by atoms with Gasteiger partial charge in [0.1, 0.15) is 42.7 Å². The molecule has 2 fully saturated rings. The summed E-state index contributed by atoms with van der Waals surface area (Å²) in [6, 6.07) is 0. The lowest BCUT2D eigenvalue weighted by molar-refractivity contribution is -0.344. The number of hydrogen-bond donors (Lipinski definition) is 6. The Bertz CT molecular complexity index is 2010. The number of carbonyl (C=O) groups is 1. The fraction of sp³-hybridized carbons (Fsp3) is 0.957. The Labute approximate surface area is 584 Å². The summed E-state index contributed by atoms with van der Waals surface area (Å²) in [5, 5.41) is 0. The largest absolute Gasteiger partial charge is 0.470 e. The fourth-order valence-corrected chi connectivity index (χ4v) is 13.5. The number of phosphoric acid groups is 3. The molecule has 0 unspecified atom stereocenters. The van der Waals surface area contributed by atoms with Crippen LogP contribution in [0.3, 0.4) is 0 Å². The second-order valence-corrected chi connectivity index (χ2v) is 30.0. The number of hydrogen-bond acceptors (Lipinski definition) is 18. The molecule has 0 saturated carbocycles. The van der Waals surface area contributed by atoms with Gasteiger partial charge >= 0.3 is 29.4 Å². The van der Waals surface area contributed by atoms with Crippen LogP contribution >= 0.6 is 23.5 Å². The number of ether oxygens (including phenoxy) is 11. The summed E-state index contributed by atoms with van der Waals surface area (Å²) in [7, 11) is -12.2. The Morgan fingerprint density at radius 1 is 0.381 bits per heavy atom. The van der Waals surface area contributed by atoms with Crippen molar-refractivity contribution in [1.29, 1.82) is 0 Å². The maximum Gasteiger partial charge on any atom is 0.470 e. The summed E-state index contributed by atoms with van der Waals surface area (Å²) in [5.41, 5.74) is 0. The first-order chi connectivity index (χ1) is 46.8. The first kappa shape index (κ1) is 92.2. The van der Waals surface area contributed by atoms with E-state index in [1.54, 1.807) is 7.11 Å². The maximum atomic E-state index is 14.3. The molecule has 97 heavy (non-hydrogen) atoms. The molecule has 27 heteroatoms. The van der Waals surface area contributed by atoms with Gasteiger partial charge in [0.15, 0.2) is 18.7 Å². The van der Waals surface area contributed by atoms with Crippen LogP contribution in [0.25, 0.3) is 0 Å². The van der Waals surface area contributed by atoms with Crippen molar-refractivity contribution in [2.75, 3.05) is 73.7 Å². The van der Waals surface area contributed by atoms with Gasteiger partial charge in [0.25, 0.3) is 0 Å². The molecule has 0 aromatic rings. The molecule has 24 nitrogen and oxygen atoms in total. The molecule has 576 valence electrons. The van der Waals surface area contributed by atoms with Crippen molar-refractivity contribution in [3.8, 4) is 0 Å². The fourth-order valence-electron chi connectivity index (χ4n) is 12.3. The molecule has 0 amide bonds. The van der Waals surface area contributed by atoms with Crippen molar-refractivity contribution in [2.24, 2.45) is 0 Å². The zero-order valence-electron chi connectivity index (χ0n) is 60.7. The number of phosphoric ester groups is 3. The van der Waals surface area contributed by atoms with Crippen LogP contribution < -0.4 is 0 Å². The Hall–Kier alpha value is -0.860. The quantitative estimate of drug-likeness (QED) is 0.0143. The molecule has 2 aliphatic rings. The van der Waals surface area contributed by atoms with Gasteiger partial charge in [0, 0.05) is 40.5 Å². The van der Waals surface area contributed by atoms with Crippen molar-refractivity contribution < 1.29 is 114 Å². The second kappa shape index (κ2) is 59.4. The van der Waals surface area contributed by atoms with E-state index in [4.69, 9.17) is 65.7 Å². The molecule has 0 bridgehead atoms. The van der Waals surface area contributed by atoms with E-state index in [1.807, 2.05) is 0 Å². The number of unbranched alkanes of at least 4 members (excludes halogenated alkanes) is 33. The van der Waals surface area contributed by atoms with Gasteiger partial charge in [-0.1, -0.05) is 239 Å². The van der Waals surface area contributed by atoms with Crippen LogP contribution in [0.2, 0.25) is 0 Å².